The summed E-state index contributed by atoms with van der Waals surface area (Å²) in [6.07, 6.45) is 4.26. The molecule has 0 unspecified atom stereocenters. The van der Waals surface area contributed by atoms with E-state index in [-0.39, 0.29) is 0 Å². The van der Waals surface area contributed by atoms with Gasteiger partial charge in [0.1, 0.15) is 17.0 Å². The molecule has 3 rings (SSSR count). The number of pyridine rings is 1. The van der Waals surface area contributed by atoms with Crippen molar-refractivity contribution in [1.82, 2.24) is 19.2 Å². The van der Waals surface area contributed by atoms with Crippen molar-refractivity contribution in [3.05, 3.63) is 41.3 Å². The van der Waals surface area contributed by atoms with Crippen LogP contribution in [0.4, 0.5) is 0 Å². The lowest BCUT2D eigenvalue weighted by Crippen LogP contribution is -1.92. The number of hydrogen-bond donors (Lipinski definition) is 0. The molecule has 0 fully saturated rings. The molecule has 3 aromatic heterocycles. The maximum atomic E-state index is 11.1. The predicted molar refractivity (Wildman–Crippen MR) is 67.8 cm³/mol. The molecule has 0 aliphatic rings. The van der Waals surface area contributed by atoms with Gasteiger partial charge < -0.3 is 0 Å². The van der Waals surface area contributed by atoms with Gasteiger partial charge in [-0.05, 0) is 12.1 Å². The maximum absolute atomic E-state index is 11.1. The minimum atomic E-state index is 0.336. The van der Waals surface area contributed by atoms with E-state index in [2.05, 4.69) is 10.1 Å². The summed E-state index contributed by atoms with van der Waals surface area (Å²) in [5.41, 5.74) is 2.39. The first kappa shape index (κ1) is 11.0. The Labute approximate surface area is 108 Å². The third-order valence-electron chi connectivity index (χ3n) is 2.70. The van der Waals surface area contributed by atoms with Crippen molar-refractivity contribution in [2.45, 2.75) is 0 Å². The number of halogens is 1. The summed E-state index contributed by atoms with van der Waals surface area (Å²) in [6, 6.07) is 5.60. The van der Waals surface area contributed by atoms with Crippen LogP contribution in [0.5, 0.6) is 0 Å². The molecule has 0 amide bonds. The monoisotopic (exact) mass is 260 g/mol. The third kappa shape index (κ3) is 1.52. The molecule has 0 aromatic carbocycles. The molecule has 18 heavy (non-hydrogen) atoms. The fourth-order valence-corrected chi connectivity index (χ4v) is 2.22. The van der Waals surface area contributed by atoms with E-state index >= 15 is 0 Å². The highest BCUT2D eigenvalue weighted by Crippen LogP contribution is 2.29. The van der Waals surface area contributed by atoms with Crippen molar-refractivity contribution in [2.24, 2.45) is 7.05 Å². The van der Waals surface area contributed by atoms with Crippen molar-refractivity contribution in [2.75, 3.05) is 0 Å². The van der Waals surface area contributed by atoms with Crippen molar-refractivity contribution in [3.63, 3.8) is 0 Å². The Morgan fingerprint density at radius 3 is 3.00 bits per heavy atom. The largest absolute Gasteiger partial charge is 0.298 e. The Balaban J connectivity index is 2.37. The average Bonchev–Trinajstić information content (AvgIpc) is 2.87. The SMILES string of the molecule is Cn1cc(C=O)c(-c2c(Cl)nc3ccccn23)n1. The summed E-state index contributed by atoms with van der Waals surface area (Å²) in [4.78, 5) is 15.3. The number of aldehydes is 1. The maximum Gasteiger partial charge on any atom is 0.157 e. The zero-order valence-corrected chi connectivity index (χ0v) is 10.3. The van der Waals surface area contributed by atoms with Crippen molar-refractivity contribution < 1.29 is 4.79 Å². The van der Waals surface area contributed by atoms with Gasteiger partial charge in [-0.2, -0.15) is 5.10 Å². The van der Waals surface area contributed by atoms with Gasteiger partial charge in [0.05, 0.1) is 5.56 Å². The van der Waals surface area contributed by atoms with Crippen molar-refractivity contribution in [3.8, 4) is 11.4 Å². The molecule has 0 N–H and O–H groups in total. The van der Waals surface area contributed by atoms with E-state index in [1.807, 2.05) is 28.8 Å². The van der Waals surface area contributed by atoms with Gasteiger partial charge in [0.25, 0.3) is 0 Å². The Bertz CT molecular complexity index is 744. The lowest BCUT2D eigenvalue weighted by molar-refractivity contribution is 0.112. The molecular formula is C12H9ClN4O. The van der Waals surface area contributed by atoms with E-state index in [0.717, 1.165) is 11.9 Å². The predicted octanol–water partition coefficient (Wildman–Crippen LogP) is 2.20. The van der Waals surface area contributed by atoms with Gasteiger partial charge in [-0.15, -0.1) is 0 Å². The van der Waals surface area contributed by atoms with E-state index in [9.17, 15) is 4.79 Å². The van der Waals surface area contributed by atoms with E-state index in [1.54, 1.807) is 17.9 Å². The minimum Gasteiger partial charge on any atom is -0.298 e. The number of fused-ring (bicyclic) bond motifs is 1. The first-order chi connectivity index (χ1) is 8.70. The van der Waals surface area contributed by atoms with E-state index in [0.29, 0.717) is 22.1 Å². The van der Waals surface area contributed by atoms with E-state index < -0.39 is 0 Å². The average molecular weight is 261 g/mol. The van der Waals surface area contributed by atoms with Gasteiger partial charge in [-0.1, -0.05) is 17.7 Å². The molecule has 0 spiro atoms. The summed E-state index contributed by atoms with van der Waals surface area (Å²) in [7, 11) is 1.76. The number of hydrogen-bond acceptors (Lipinski definition) is 3. The van der Waals surface area contributed by atoms with E-state index in [1.165, 1.54) is 0 Å². The van der Waals surface area contributed by atoms with Crippen molar-refractivity contribution >= 4 is 23.5 Å². The van der Waals surface area contributed by atoms with Crippen LogP contribution in [0.15, 0.2) is 30.6 Å². The molecule has 0 saturated heterocycles. The molecule has 3 aromatic rings. The molecule has 0 radical (unpaired) electrons. The van der Waals surface area contributed by atoms with Crippen molar-refractivity contribution in [1.29, 1.82) is 0 Å². The van der Waals surface area contributed by atoms with Crippen LogP contribution in [-0.4, -0.2) is 25.5 Å². The Hall–Kier alpha value is -2.14. The van der Waals surface area contributed by atoms with Crippen LogP contribution >= 0.6 is 11.6 Å². The highest BCUT2D eigenvalue weighted by Gasteiger charge is 2.18. The summed E-state index contributed by atoms with van der Waals surface area (Å²) >= 11 is 6.14. The van der Waals surface area contributed by atoms with Crippen LogP contribution in [0.25, 0.3) is 17.0 Å². The zero-order chi connectivity index (χ0) is 12.7. The smallest absolute Gasteiger partial charge is 0.157 e. The number of imidazole rings is 1. The Morgan fingerprint density at radius 1 is 1.39 bits per heavy atom. The Morgan fingerprint density at radius 2 is 2.22 bits per heavy atom. The second kappa shape index (κ2) is 3.96. The first-order valence-corrected chi connectivity index (χ1v) is 5.70. The lowest BCUT2D eigenvalue weighted by Gasteiger charge is -1.99. The van der Waals surface area contributed by atoms with Gasteiger partial charge >= 0.3 is 0 Å². The quantitative estimate of drug-likeness (QED) is 0.664. The molecule has 0 aliphatic heterocycles. The summed E-state index contributed by atoms with van der Waals surface area (Å²) in [5.74, 6) is 0. The van der Waals surface area contributed by atoms with Gasteiger partial charge in [0, 0.05) is 19.4 Å². The van der Waals surface area contributed by atoms with Gasteiger partial charge in [0.15, 0.2) is 11.4 Å². The topological polar surface area (TPSA) is 52.2 Å². The summed E-state index contributed by atoms with van der Waals surface area (Å²) in [6.45, 7) is 0. The van der Waals surface area contributed by atoms with Gasteiger partial charge in [0.2, 0.25) is 0 Å². The van der Waals surface area contributed by atoms with Crippen LogP contribution in [0, 0.1) is 0 Å². The standard InChI is InChI=1S/C12H9ClN4O/c1-16-6-8(7-18)10(15-16)11-12(13)14-9-4-2-3-5-17(9)11/h2-7H,1H3. The van der Waals surface area contributed by atoms with E-state index in [4.69, 9.17) is 11.6 Å². The fourth-order valence-electron chi connectivity index (χ4n) is 1.96. The normalized spacial score (nSPS) is 11.0. The molecule has 0 atom stereocenters. The van der Waals surface area contributed by atoms with Crippen LogP contribution < -0.4 is 0 Å². The van der Waals surface area contributed by atoms with Crippen LogP contribution in [0.2, 0.25) is 5.15 Å². The minimum absolute atomic E-state index is 0.336. The van der Waals surface area contributed by atoms with Crippen LogP contribution in [0.3, 0.4) is 0 Å². The molecule has 6 heteroatoms. The summed E-state index contributed by atoms with van der Waals surface area (Å²) < 4.78 is 3.40. The number of nitrogens with zero attached hydrogens (tertiary/aromatic N) is 4. The fraction of sp³-hybridized carbons (Fsp3) is 0.0833. The molecule has 5 nitrogen and oxygen atoms in total. The van der Waals surface area contributed by atoms with Gasteiger partial charge in [-0.3, -0.25) is 13.9 Å². The number of carbonyl (C=O) groups is 1. The Kier molecular flexibility index (Phi) is 2.41. The van der Waals surface area contributed by atoms with Crippen LogP contribution in [0.1, 0.15) is 10.4 Å². The second-order valence-corrected chi connectivity index (χ2v) is 4.26. The van der Waals surface area contributed by atoms with Crippen LogP contribution in [-0.2, 0) is 7.05 Å². The highest BCUT2D eigenvalue weighted by molar-refractivity contribution is 6.32. The molecule has 0 saturated carbocycles. The van der Waals surface area contributed by atoms with Gasteiger partial charge in [-0.25, -0.2) is 4.98 Å². The third-order valence-corrected chi connectivity index (χ3v) is 2.96. The molecular weight excluding hydrogens is 252 g/mol. The molecule has 0 bridgehead atoms. The number of carbonyl (C=O) groups excluding carboxylic acids is 1. The zero-order valence-electron chi connectivity index (χ0n) is 9.54. The number of aryl methyl sites for hydroxylation is 1. The number of aromatic nitrogens is 4. The molecule has 90 valence electrons. The molecule has 3 heterocycles. The second-order valence-electron chi connectivity index (χ2n) is 3.90. The summed E-state index contributed by atoms with van der Waals surface area (Å²) in [5, 5.41) is 4.61. The number of rotatable bonds is 2. The first-order valence-electron chi connectivity index (χ1n) is 5.32. The molecule has 0 aliphatic carbocycles. The highest BCUT2D eigenvalue weighted by atomic mass is 35.5. The lowest BCUT2D eigenvalue weighted by atomic mass is 10.2.